The molecule has 3 unspecified atom stereocenters. The molecule has 1 aliphatic rings. The van der Waals surface area contributed by atoms with Crippen LogP contribution in [-0.4, -0.2) is 6.04 Å². The smallest absolute Gasteiger partial charge is 0.307 e. The fourth-order valence-electron chi connectivity index (χ4n) is 3.01. The molecular formula is C16H22F3N. The van der Waals surface area contributed by atoms with E-state index in [0.29, 0.717) is 6.04 Å². The number of rotatable bonds is 4. The third-order valence-electron chi connectivity index (χ3n) is 4.34. The number of benzene rings is 1. The highest BCUT2D eigenvalue weighted by Crippen LogP contribution is 2.31. The van der Waals surface area contributed by atoms with Crippen LogP contribution in [0.3, 0.4) is 0 Å². The third-order valence-corrected chi connectivity index (χ3v) is 4.34. The number of alkyl halides is 3. The van der Waals surface area contributed by atoms with Crippen LogP contribution in [0.1, 0.15) is 56.7 Å². The zero-order valence-corrected chi connectivity index (χ0v) is 12.0. The van der Waals surface area contributed by atoms with E-state index in [1.165, 1.54) is 25.7 Å². The van der Waals surface area contributed by atoms with Crippen LogP contribution >= 0.6 is 0 Å². The first-order valence-electron chi connectivity index (χ1n) is 7.33. The van der Waals surface area contributed by atoms with Gasteiger partial charge in [0.05, 0.1) is 5.56 Å². The van der Waals surface area contributed by atoms with Crippen molar-refractivity contribution < 1.29 is 13.2 Å². The molecular weight excluding hydrogens is 263 g/mol. The maximum absolute atomic E-state index is 12.5. The van der Waals surface area contributed by atoms with E-state index in [1.54, 1.807) is 12.1 Å². The molecule has 0 bridgehead atoms. The van der Waals surface area contributed by atoms with E-state index in [-0.39, 0.29) is 6.04 Å². The summed E-state index contributed by atoms with van der Waals surface area (Å²) in [5.41, 5.74) is 0.332. The van der Waals surface area contributed by atoms with Crippen molar-refractivity contribution in [1.82, 2.24) is 5.32 Å². The lowest BCUT2D eigenvalue weighted by molar-refractivity contribution is -0.137. The van der Waals surface area contributed by atoms with Crippen LogP contribution in [0.4, 0.5) is 13.2 Å². The topological polar surface area (TPSA) is 12.0 Å². The first-order chi connectivity index (χ1) is 9.40. The Labute approximate surface area is 118 Å². The number of hydrogen-bond donors (Lipinski definition) is 1. The minimum atomic E-state index is -4.25. The van der Waals surface area contributed by atoms with Crippen molar-refractivity contribution in [2.24, 2.45) is 5.92 Å². The first-order valence-corrected chi connectivity index (χ1v) is 7.33. The van der Waals surface area contributed by atoms with Gasteiger partial charge >= 0.3 is 6.18 Å². The van der Waals surface area contributed by atoms with Crippen LogP contribution in [0.25, 0.3) is 0 Å². The first kappa shape index (κ1) is 15.4. The zero-order chi connectivity index (χ0) is 14.8. The second-order valence-corrected chi connectivity index (χ2v) is 5.79. The highest BCUT2D eigenvalue weighted by Gasteiger charge is 2.30. The van der Waals surface area contributed by atoms with Crippen LogP contribution < -0.4 is 5.32 Å². The molecule has 1 aromatic rings. The van der Waals surface area contributed by atoms with Gasteiger partial charge in [-0.1, -0.05) is 25.5 Å². The van der Waals surface area contributed by atoms with Gasteiger partial charge < -0.3 is 5.32 Å². The van der Waals surface area contributed by atoms with Crippen molar-refractivity contribution >= 4 is 0 Å². The minimum Gasteiger partial charge on any atom is -0.307 e. The molecule has 4 heteroatoms. The Bertz CT molecular complexity index is 424. The molecule has 1 fully saturated rings. The fourth-order valence-corrected chi connectivity index (χ4v) is 3.01. The van der Waals surface area contributed by atoms with Crippen molar-refractivity contribution in [3.05, 3.63) is 35.4 Å². The van der Waals surface area contributed by atoms with Gasteiger partial charge in [0.25, 0.3) is 0 Å². The number of hydrogen-bond acceptors (Lipinski definition) is 1. The average molecular weight is 285 g/mol. The summed E-state index contributed by atoms with van der Waals surface area (Å²) in [6.45, 7) is 4.23. The zero-order valence-electron chi connectivity index (χ0n) is 12.0. The van der Waals surface area contributed by atoms with Crippen molar-refractivity contribution in [2.75, 3.05) is 0 Å². The summed E-state index contributed by atoms with van der Waals surface area (Å²) in [6.07, 6.45) is 0.570. The standard InChI is InChI=1S/C16H22F3N/c1-3-12-4-9-15(10-12)20-11(2)13-5-7-14(8-6-13)16(17,18)19/h5-8,11-12,15,20H,3-4,9-10H2,1-2H3. The molecule has 0 aliphatic heterocycles. The van der Waals surface area contributed by atoms with Crippen molar-refractivity contribution in [3.8, 4) is 0 Å². The molecule has 0 saturated heterocycles. The van der Waals surface area contributed by atoms with Crippen molar-refractivity contribution in [2.45, 2.75) is 57.8 Å². The molecule has 0 heterocycles. The molecule has 3 atom stereocenters. The van der Waals surface area contributed by atoms with Crippen molar-refractivity contribution in [3.63, 3.8) is 0 Å². The van der Waals surface area contributed by atoms with E-state index < -0.39 is 11.7 Å². The van der Waals surface area contributed by atoms with Gasteiger partial charge in [-0.05, 0) is 49.8 Å². The molecule has 0 aromatic heterocycles. The average Bonchev–Trinajstić information content (AvgIpc) is 2.85. The van der Waals surface area contributed by atoms with Gasteiger partial charge in [0.1, 0.15) is 0 Å². The third kappa shape index (κ3) is 3.75. The van der Waals surface area contributed by atoms with Crippen LogP contribution in [0.5, 0.6) is 0 Å². The molecule has 112 valence electrons. The lowest BCUT2D eigenvalue weighted by atomic mass is 10.0. The van der Waals surface area contributed by atoms with Gasteiger partial charge in [-0.25, -0.2) is 0 Å². The summed E-state index contributed by atoms with van der Waals surface area (Å²) in [5.74, 6) is 0.798. The predicted octanol–water partition coefficient (Wildman–Crippen LogP) is 4.93. The monoisotopic (exact) mass is 285 g/mol. The quantitative estimate of drug-likeness (QED) is 0.826. The Balaban J connectivity index is 1.94. The molecule has 0 spiro atoms. The van der Waals surface area contributed by atoms with E-state index in [9.17, 15) is 13.2 Å². The van der Waals surface area contributed by atoms with Crippen LogP contribution in [0.2, 0.25) is 0 Å². The summed E-state index contributed by atoms with van der Waals surface area (Å²) < 4.78 is 37.5. The lowest BCUT2D eigenvalue weighted by Crippen LogP contribution is -2.29. The van der Waals surface area contributed by atoms with E-state index in [1.807, 2.05) is 6.92 Å². The molecule has 1 N–H and O–H groups in total. The summed E-state index contributed by atoms with van der Waals surface area (Å²) >= 11 is 0. The van der Waals surface area contributed by atoms with Gasteiger partial charge in [0, 0.05) is 12.1 Å². The molecule has 1 aliphatic carbocycles. The molecule has 1 saturated carbocycles. The lowest BCUT2D eigenvalue weighted by Gasteiger charge is -2.20. The molecule has 1 nitrogen and oxygen atoms in total. The van der Waals surface area contributed by atoms with E-state index >= 15 is 0 Å². The van der Waals surface area contributed by atoms with Gasteiger partial charge in [-0.2, -0.15) is 13.2 Å². The Morgan fingerprint density at radius 2 is 1.85 bits per heavy atom. The Morgan fingerprint density at radius 3 is 2.35 bits per heavy atom. The maximum atomic E-state index is 12.5. The second kappa shape index (κ2) is 6.17. The largest absolute Gasteiger partial charge is 0.416 e. The SMILES string of the molecule is CCC1CCC(NC(C)c2ccc(C(F)(F)F)cc2)C1. The van der Waals surface area contributed by atoms with Gasteiger partial charge in [0.2, 0.25) is 0 Å². The number of halogens is 3. The van der Waals surface area contributed by atoms with Gasteiger partial charge in [0.15, 0.2) is 0 Å². The predicted molar refractivity (Wildman–Crippen MR) is 74.4 cm³/mol. The molecule has 1 aromatic carbocycles. The van der Waals surface area contributed by atoms with E-state index in [4.69, 9.17) is 0 Å². The van der Waals surface area contributed by atoms with Gasteiger partial charge in [-0.3, -0.25) is 0 Å². The Morgan fingerprint density at radius 1 is 1.20 bits per heavy atom. The summed E-state index contributed by atoms with van der Waals surface area (Å²) in [5, 5.41) is 3.54. The molecule has 20 heavy (non-hydrogen) atoms. The maximum Gasteiger partial charge on any atom is 0.416 e. The Kier molecular flexibility index (Phi) is 4.74. The van der Waals surface area contributed by atoms with Crippen LogP contribution in [0, 0.1) is 5.92 Å². The fraction of sp³-hybridized carbons (Fsp3) is 0.625. The van der Waals surface area contributed by atoms with Gasteiger partial charge in [-0.15, -0.1) is 0 Å². The van der Waals surface area contributed by atoms with E-state index in [2.05, 4.69) is 12.2 Å². The highest BCUT2D eigenvalue weighted by molar-refractivity contribution is 5.26. The van der Waals surface area contributed by atoms with Crippen molar-refractivity contribution in [1.29, 1.82) is 0 Å². The van der Waals surface area contributed by atoms with E-state index in [0.717, 1.165) is 23.6 Å². The molecule has 0 amide bonds. The molecule has 2 rings (SSSR count). The van der Waals surface area contributed by atoms with Crippen LogP contribution in [0.15, 0.2) is 24.3 Å². The minimum absolute atomic E-state index is 0.0953. The normalized spacial score (nSPS) is 24.9. The summed E-state index contributed by atoms with van der Waals surface area (Å²) in [7, 11) is 0. The second-order valence-electron chi connectivity index (χ2n) is 5.79. The summed E-state index contributed by atoms with van der Waals surface area (Å²) in [4.78, 5) is 0. The highest BCUT2D eigenvalue weighted by atomic mass is 19.4. The number of nitrogens with one attached hydrogen (secondary N) is 1. The molecule has 0 radical (unpaired) electrons. The summed E-state index contributed by atoms with van der Waals surface area (Å²) in [6, 6.07) is 6.07. The van der Waals surface area contributed by atoms with Crippen LogP contribution in [-0.2, 0) is 6.18 Å². The Hall–Kier alpha value is -1.03.